The second-order valence-corrected chi connectivity index (χ2v) is 4.78. The Morgan fingerprint density at radius 3 is 2.48 bits per heavy atom. The Kier molecular flexibility index (Phi) is 4.82. The first-order valence-corrected chi connectivity index (χ1v) is 6.95. The van der Waals surface area contributed by atoms with Crippen molar-refractivity contribution in [1.29, 1.82) is 0 Å². The summed E-state index contributed by atoms with van der Waals surface area (Å²) in [4.78, 5) is 13.6. The first-order chi connectivity index (χ1) is 10.1. The van der Waals surface area contributed by atoms with Crippen LogP contribution in [0.1, 0.15) is 19.4 Å². The minimum atomic E-state index is -0.0190. The molecule has 4 nitrogen and oxygen atoms in total. The highest BCUT2D eigenvalue weighted by Crippen LogP contribution is 2.21. The van der Waals surface area contributed by atoms with Gasteiger partial charge in [-0.15, -0.1) is 0 Å². The number of ether oxygens (including phenoxy) is 1. The van der Waals surface area contributed by atoms with Crippen molar-refractivity contribution in [2.24, 2.45) is 0 Å². The molecule has 0 heterocycles. The number of amides is 1. The maximum absolute atomic E-state index is 11.9. The molecule has 0 aliphatic heterocycles. The zero-order valence-corrected chi connectivity index (χ0v) is 12.4. The lowest BCUT2D eigenvalue weighted by Gasteiger charge is -2.21. The molecule has 1 amide bonds. The van der Waals surface area contributed by atoms with Crippen LogP contribution in [-0.4, -0.2) is 12.5 Å². The molecule has 0 atom stereocenters. The van der Waals surface area contributed by atoms with E-state index in [4.69, 9.17) is 10.5 Å². The summed E-state index contributed by atoms with van der Waals surface area (Å²) in [6.45, 7) is 4.65. The second-order valence-electron chi connectivity index (χ2n) is 4.78. The number of carbonyl (C=O) groups is 1. The van der Waals surface area contributed by atoms with Crippen LogP contribution >= 0.6 is 0 Å². The Balaban J connectivity index is 2.18. The molecule has 0 spiro atoms. The molecule has 0 radical (unpaired) electrons. The first-order valence-electron chi connectivity index (χ1n) is 6.95. The van der Waals surface area contributed by atoms with E-state index in [1.807, 2.05) is 43.3 Å². The third-order valence-corrected chi connectivity index (χ3v) is 3.14. The van der Waals surface area contributed by atoms with Gasteiger partial charge in [0.05, 0.1) is 13.2 Å². The number of nitrogens with zero attached hydrogens (tertiary/aromatic N) is 1. The number of hydrogen-bond acceptors (Lipinski definition) is 3. The predicted octanol–water partition coefficient (Wildman–Crippen LogP) is 3.22. The lowest BCUT2D eigenvalue weighted by molar-refractivity contribution is -0.116. The van der Waals surface area contributed by atoms with Gasteiger partial charge in [-0.3, -0.25) is 4.79 Å². The average Bonchev–Trinajstić information content (AvgIpc) is 2.46. The molecule has 110 valence electrons. The van der Waals surface area contributed by atoms with Crippen LogP contribution < -0.4 is 15.4 Å². The Hall–Kier alpha value is -2.49. The van der Waals surface area contributed by atoms with Crippen LogP contribution in [0.4, 0.5) is 11.4 Å². The summed E-state index contributed by atoms with van der Waals surface area (Å²) in [5.41, 5.74) is 8.27. The number of hydrogen-bond donors (Lipinski definition) is 1. The fourth-order valence-electron chi connectivity index (χ4n) is 2.12. The van der Waals surface area contributed by atoms with Crippen LogP contribution in [-0.2, 0) is 11.3 Å². The zero-order valence-electron chi connectivity index (χ0n) is 12.4. The van der Waals surface area contributed by atoms with Crippen molar-refractivity contribution >= 4 is 17.3 Å². The smallest absolute Gasteiger partial charge is 0.224 e. The predicted molar refractivity (Wildman–Crippen MR) is 85.3 cm³/mol. The molecule has 0 bridgehead atoms. The molecule has 4 heteroatoms. The third kappa shape index (κ3) is 3.99. The van der Waals surface area contributed by atoms with E-state index in [0.29, 0.717) is 18.8 Å². The van der Waals surface area contributed by atoms with Gasteiger partial charge in [0.2, 0.25) is 5.91 Å². The highest BCUT2D eigenvalue weighted by molar-refractivity contribution is 5.91. The molecule has 0 saturated carbocycles. The van der Waals surface area contributed by atoms with E-state index in [2.05, 4.69) is 0 Å². The molecule has 0 aliphatic carbocycles. The number of carbonyl (C=O) groups excluding carboxylic acids is 1. The zero-order chi connectivity index (χ0) is 15.2. The second kappa shape index (κ2) is 6.79. The molecule has 0 unspecified atom stereocenters. The van der Waals surface area contributed by atoms with Crippen molar-refractivity contribution < 1.29 is 9.53 Å². The summed E-state index contributed by atoms with van der Waals surface area (Å²) in [7, 11) is 0. The van der Waals surface area contributed by atoms with E-state index in [9.17, 15) is 4.79 Å². The number of nitrogen functional groups attached to an aromatic ring is 1. The molecule has 2 aromatic rings. The number of rotatable bonds is 5. The molecular weight excluding hydrogens is 264 g/mol. The molecular formula is C17H20N2O2. The van der Waals surface area contributed by atoms with Gasteiger partial charge in [-0.25, -0.2) is 0 Å². The number of benzene rings is 2. The number of nitrogens with two attached hydrogens (primary N) is 1. The highest BCUT2D eigenvalue weighted by Gasteiger charge is 2.12. The third-order valence-electron chi connectivity index (χ3n) is 3.14. The monoisotopic (exact) mass is 284 g/mol. The normalized spacial score (nSPS) is 10.2. The summed E-state index contributed by atoms with van der Waals surface area (Å²) in [5, 5.41) is 0. The fraction of sp³-hybridized carbons (Fsp3) is 0.235. The van der Waals surface area contributed by atoms with Gasteiger partial charge in [-0.1, -0.05) is 18.2 Å². The highest BCUT2D eigenvalue weighted by atomic mass is 16.5. The van der Waals surface area contributed by atoms with Crippen molar-refractivity contribution in [2.75, 3.05) is 17.2 Å². The molecule has 0 aliphatic rings. The van der Waals surface area contributed by atoms with Gasteiger partial charge in [-0.05, 0) is 42.8 Å². The van der Waals surface area contributed by atoms with Gasteiger partial charge in [0.1, 0.15) is 5.75 Å². The number of anilines is 2. The molecule has 0 aromatic heterocycles. The molecule has 2 N–H and O–H groups in total. The Bertz CT molecular complexity index is 608. The largest absolute Gasteiger partial charge is 0.494 e. The minimum absolute atomic E-state index is 0.0190. The Labute approximate surface area is 125 Å². The SMILES string of the molecule is CCOc1ccc(CN(C(C)=O)c2cccc(N)c2)cc1. The van der Waals surface area contributed by atoms with Crippen LogP contribution in [0.15, 0.2) is 48.5 Å². The topological polar surface area (TPSA) is 55.6 Å². The van der Waals surface area contributed by atoms with Crippen molar-refractivity contribution in [2.45, 2.75) is 20.4 Å². The van der Waals surface area contributed by atoms with Gasteiger partial charge >= 0.3 is 0 Å². The van der Waals surface area contributed by atoms with E-state index >= 15 is 0 Å². The van der Waals surface area contributed by atoms with Crippen molar-refractivity contribution in [1.82, 2.24) is 0 Å². The molecule has 2 aromatic carbocycles. The maximum atomic E-state index is 11.9. The molecule has 21 heavy (non-hydrogen) atoms. The van der Waals surface area contributed by atoms with Crippen LogP contribution in [0, 0.1) is 0 Å². The van der Waals surface area contributed by atoms with Crippen molar-refractivity contribution in [3.8, 4) is 5.75 Å². The van der Waals surface area contributed by atoms with E-state index in [0.717, 1.165) is 17.0 Å². The van der Waals surface area contributed by atoms with E-state index < -0.39 is 0 Å². The van der Waals surface area contributed by atoms with E-state index in [-0.39, 0.29) is 5.91 Å². The average molecular weight is 284 g/mol. The summed E-state index contributed by atoms with van der Waals surface area (Å²) in [5.74, 6) is 0.814. The van der Waals surface area contributed by atoms with Crippen LogP contribution in [0.25, 0.3) is 0 Å². The molecule has 2 rings (SSSR count). The lowest BCUT2D eigenvalue weighted by Crippen LogP contribution is -2.27. The Morgan fingerprint density at radius 2 is 1.90 bits per heavy atom. The summed E-state index contributed by atoms with van der Waals surface area (Å²) < 4.78 is 5.42. The maximum Gasteiger partial charge on any atom is 0.224 e. The van der Waals surface area contributed by atoms with Crippen LogP contribution in [0.2, 0.25) is 0 Å². The van der Waals surface area contributed by atoms with E-state index in [1.54, 1.807) is 24.0 Å². The standard InChI is InChI=1S/C17H20N2O2/c1-3-21-17-9-7-14(8-10-17)12-19(13(2)20)16-6-4-5-15(18)11-16/h4-11H,3,12,18H2,1-2H3. The van der Waals surface area contributed by atoms with Crippen LogP contribution in [0.3, 0.4) is 0 Å². The van der Waals surface area contributed by atoms with Gasteiger partial charge in [0.15, 0.2) is 0 Å². The quantitative estimate of drug-likeness (QED) is 0.858. The molecule has 0 saturated heterocycles. The van der Waals surface area contributed by atoms with Gasteiger partial charge < -0.3 is 15.4 Å². The minimum Gasteiger partial charge on any atom is -0.494 e. The van der Waals surface area contributed by atoms with Crippen LogP contribution in [0.5, 0.6) is 5.75 Å². The lowest BCUT2D eigenvalue weighted by atomic mass is 10.2. The van der Waals surface area contributed by atoms with Crippen molar-refractivity contribution in [3.05, 3.63) is 54.1 Å². The first kappa shape index (κ1) is 14.9. The van der Waals surface area contributed by atoms with Gasteiger partial charge in [0, 0.05) is 18.3 Å². The summed E-state index contributed by atoms with van der Waals surface area (Å²) in [6, 6.07) is 15.1. The van der Waals surface area contributed by atoms with Gasteiger partial charge in [-0.2, -0.15) is 0 Å². The summed E-state index contributed by atoms with van der Waals surface area (Å²) >= 11 is 0. The fourth-order valence-corrected chi connectivity index (χ4v) is 2.12. The molecule has 0 fully saturated rings. The van der Waals surface area contributed by atoms with Gasteiger partial charge in [0.25, 0.3) is 0 Å². The summed E-state index contributed by atoms with van der Waals surface area (Å²) in [6.07, 6.45) is 0. The van der Waals surface area contributed by atoms with E-state index in [1.165, 1.54) is 0 Å². The van der Waals surface area contributed by atoms with Crippen molar-refractivity contribution in [3.63, 3.8) is 0 Å². The Morgan fingerprint density at radius 1 is 1.19 bits per heavy atom.